The summed E-state index contributed by atoms with van der Waals surface area (Å²) in [5.74, 6) is 0.233. The Morgan fingerprint density at radius 2 is 2.10 bits per heavy atom. The molecule has 0 saturated carbocycles. The van der Waals surface area contributed by atoms with Crippen molar-refractivity contribution in [3.8, 4) is 5.75 Å². The van der Waals surface area contributed by atoms with E-state index in [0.29, 0.717) is 18.6 Å². The Hall–Kier alpha value is -1.87. The zero-order chi connectivity index (χ0) is 14.8. The number of fused-ring (bicyclic) bond motifs is 1. The van der Waals surface area contributed by atoms with Crippen LogP contribution in [-0.4, -0.2) is 12.4 Å². The van der Waals surface area contributed by atoms with E-state index >= 15 is 0 Å². The first-order valence-electron chi connectivity index (χ1n) is 6.81. The lowest BCUT2D eigenvalue weighted by atomic mass is 9.90. The summed E-state index contributed by atoms with van der Waals surface area (Å²) in [7, 11) is 0. The van der Waals surface area contributed by atoms with Gasteiger partial charge in [0.25, 0.3) is 0 Å². The van der Waals surface area contributed by atoms with E-state index in [1.165, 1.54) is 12.1 Å². The van der Waals surface area contributed by atoms with Crippen LogP contribution in [0.15, 0.2) is 42.5 Å². The second-order valence-electron chi connectivity index (χ2n) is 5.21. The molecule has 0 radical (unpaired) electrons. The molecular weight excluding hydrogens is 291 g/mol. The van der Waals surface area contributed by atoms with Gasteiger partial charge in [0.15, 0.2) is 0 Å². The minimum absolute atomic E-state index is 0.0613. The third-order valence-corrected chi connectivity index (χ3v) is 4.00. The molecule has 0 amide bonds. The zero-order valence-electron chi connectivity index (χ0n) is 11.3. The first-order chi connectivity index (χ1) is 10.1. The normalized spacial score (nSPS) is 17.0. The molecule has 0 aliphatic carbocycles. The van der Waals surface area contributed by atoms with Gasteiger partial charge in [-0.15, -0.1) is 0 Å². The number of ketones is 1. The maximum Gasteiger partial charge on any atom is 0.144 e. The van der Waals surface area contributed by atoms with Gasteiger partial charge < -0.3 is 4.74 Å². The average Bonchev–Trinajstić information content (AvgIpc) is 2.50. The summed E-state index contributed by atoms with van der Waals surface area (Å²) < 4.78 is 19.0. The number of rotatable bonds is 3. The fraction of sp³-hybridized carbons (Fsp3) is 0.235. The van der Waals surface area contributed by atoms with Crippen LogP contribution in [0.25, 0.3) is 0 Å². The predicted octanol–water partition coefficient (Wildman–Crippen LogP) is 3.84. The number of hydrogen-bond acceptors (Lipinski definition) is 2. The number of halogens is 2. The minimum Gasteiger partial charge on any atom is -0.493 e. The van der Waals surface area contributed by atoms with Crippen LogP contribution in [-0.2, 0) is 17.6 Å². The average molecular weight is 305 g/mol. The predicted molar refractivity (Wildman–Crippen MR) is 79.3 cm³/mol. The number of carbonyl (C=O) groups is 1. The van der Waals surface area contributed by atoms with Crippen molar-refractivity contribution in [2.45, 2.75) is 12.8 Å². The third kappa shape index (κ3) is 3.08. The number of para-hydroxylation sites is 1. The van der Waals surface area contributed by atoms with Crippen LogP contribution in [0.5, 0.6) is 5.75 Å². The van der Waals surface area contributed by atoms with Crippen LogP contribution in [0.2, 0.25) is 5.02 Å². The van der Waals surface area contributed by atoms with Gasteiger partial charge in [-0.1, -0.05) is 35.9 Å². The maximum absolute atomic E-state index is 13.4. The van der Waals surface area contributed by atoms with E-state index < -0.39 is 5.82 Å². The van der Waals surface area contributed by atoms with Crippen LogP contribution in [0.3, 0.4) is 0 Å². The quantitative estimate of drug-likeness (QED) is 0.861. The molecule has 108 valence electrons. The standard InChI is InChI=1S/C17H14ClFO2/c18-14-6-5-11(7-15(14)19)8-16(20)13-9-12-3-1-2-4-17(12)21-10-13/h1-7,13H,8-10H2. The van der Waals surface area contributed by atoms with Crippen molar-refractivity contribution in [3.05, 3.63) is 64.4 Å². The molecular formula is C17H14ClFO2. The lowest BCUT2D eigenvalue weighted by Gasteiger charge is -2.24. The fourth-order valence-corrected chi connectivity index (χ4v) is 2.65. The molecule has 0 bridgehead atoms. The summed E-state index contributed by atoms with van der Waals surface area (Å²) in [5.41, 5.74) is 1.69. The largest absolute Gasteiger partial charge is 0.493 e. The topological polar surface area (TPSA) is 26.3 Å². The Kier molecular flexibility index (Phi) is 3.93. The molecule has 1 unspecified atom stereocenters. The molecule has 1 atom stereocenters. The van der Waals surface area contributed by atoms with Gasteiger partial charge in [-0.25, -0.2) is 4.39 Å². The van der Waals surface area contributed by atoms with Crippen LogP contribution >= 0.6 is 11.6 Å². The number of benzene rings is 2. The van der Waals surface area contributed by atoms with Crippen LogP contribution in [0, 0.1) is 11.7 Å². The first-order valence-corrected chi connectivity index (χ1v) is 7.18. The van der Waals surface area contributed by atoms with E-state index in [-0.39, 0.29) is 23.1 Å². The van der Waals surface area contributed by atoms with Crippen molar-refractivity contribution in [3.63, 3.8) is 0 Å². The highest BCUT2D eigenvalue weighted by Gasteiger charge is 2.25. The monoisotopic (exact) mass is 304 g/mol. The Balaban J connectivity index is 1.70. The molecule has 0 saturated heterocycles. The van der Waals surface area contributed by atoms with E-state index in [4.69, 9.17) is 16.3 Å². The molecule has 1 aliphatic heterocycles. The van der Waals surface area contributed by atoms with Crippen LogP contribution in [0.1, 0.15) is 11.1 Å². The zero-order valence-corrected chi connectivity index (χ0v) is 12.1. The van der Waals surface area contributed by atoms with Crippen LogP contribution in [0.4, 0.5) is 4.39 Å². The molecule has 2 nitrogen and oxygen atoms in total. The maximum atomic E-state index is 13.4. The number of carbonyl (C=O) groups excluding carboxylic acids is 1. The number of hydrogen-bond donors (Lipinski definition) is 0. The Bertz CT molecular complexity index is 684. The Morgan fingerprint density at radius 3 is 2.90 bits per heavy atom. The smallest absolute Gasteiger partial charge is 0.144 e. The molecule has 0 spiro atoms. The van der Waals surface area contributed by atoms with Gasteiger partial charge in [0.2, 0.25) is 0 Å². The van der Waals surface area contributed by atoms with Crippen molar-refractivity contribution in [1.29, 1.82) is 0 Å². The highest BCUT2D eigenvalue weighted by Crippen LogP contribution is 2.28. The van der Waals surface area contributed by atoms with Crippen molar-refractivity contribution >= 4 is 17.4 Å². The van der Waals surface area contributed by atoms with Crippen molar-refractivity contribution in [2.24, 2.45) is 5.92 Å². The summed E-state index contributed by atoms with van der Waals surface area (Å²) in [6, 6.07) is 12.2. The first kappa shape index (κ1) is 14.1. The highest BCUT2D eigenvalue weighted by atomic mass is 35.5. The third-order valence-electron chi connectivity index (χ3n) is 3.70. The molecule has 2 aromatic rings. The molecule has 3 rings (SSSR count). The summed E-state index contributed by atoms with van der Waals surface area (Å²) in [6.45, 7) is 0.381. The molecule has 0 fully saturated rings. The summed E-state index contributed by atoms with van der Waals surface area (Å²) in [5, 5.41) is 0.0705. The molecule has 4 heteroatoms. The van der Waals surface area contributed by atoms with Crippen LogP contribution < -0.4 is 4.74 Å². The second-order valence-corrected chi connectivity index (χ2v) is 5.62. The molecule has 0 aromatic heterocycles. The van der Waals surface area contributed by atoms with Gasteiger partial charge in [0.1, 0.15) is 17.3 Å². The highest BCUT2D eigenvalue weighted by molar-refractivity contribution is 6.30. The Labute approximate surface area is 127 Å². The minimum atomic E-state index is -0.493. The summed E-state index contributed by atoms with van der Waals surface area (Å²) >= 11 is 5.64. The van der Waals surface area contributed by atoms with Crippen molar-refractivity contribution in [2.75, 3.05) is 6.61 Å². The lowest BCUT2D eigenvalue weighted by molar-refractivity contribution is -0.123. The summed E-state index contributed by atoms with van der Waals surface area (Å²) in [4.78, 5) is 12.3. The van der Waals surface area contributed by atoms with E-state index in [1.807, 2.05) is 24.3 Å². The second kappa shape index (κ2) is 5.86. The van der Waals surface area contributed by atoms with E-state index in [0.717, 1.165) is 11.3 Å². The SMILES string of the molecule is O=C(Cc1ccc(Cl)c(F)c1)C1COc2ccccc2C1. The van der Waals surface area contributed by atoms with Crippen molar-refractivity contribution in [1.82, 2.24) is 0 Å². The van der Waals surface area contributed by atoms with E-state index in [1.54, 1.807) is 6.07 Å². The van der Waals surface area contributed by atoms with Gasteiger partial charge in [-0.05, 0) is 35.7 Å². The fourth-order valence-electron chi connectivity index (χ4n) is 2.53. The number of ether oxygens (including phenoxy) is 1. The van der Waals surface area contributed by atoms with Gasteiger partial charge in [-0.3, -0.25) is 4.79 Å². The van der Waals surface area contributed by atoms with Gasteiger partial charge >= 0.3 is 0 Å². The molecule has 1 aliphatic rings. The molecule has 21 heavy (non-hydrogen) atoms. The molecule has 0 N–H and O–H groups in total. The van der Waals surface area contributed by atoms with E-state index in [9.17, 15) is 9.18 Å². The van der Waals surface area contributed by atoms with Gasteiger partial charge in [-0.2, -0.15) is 0 Å². The lowest BCUT2D eigenvalue weighted by Crippen LogP contribution is -2.29. The number of Topliss-reactive ketones (excluding diaryl/α,β-unsaturated/α-hetero) is 1. The van der Waals surface area contributed by atoms with Gasteiger partial charge in [0.05, 0.1) is 17.5 Å². The van der Waals surface area contributed by atoms with Gasteiger partial charge in [0, 0.05) is 6.42 Å². The Morgan fingerprint density at radius 1 is 1.29 bits per heavy atom. The molecule has 1 heterocycles. The summed E-state index contributed by atoms with van der Waals surface area (Å²) in [6.07, 6.45) is 0.870. The molecule has 2 aromatic carbocycles. The van der Waals surface area contributed by atoms with Crippen molar-refractivity contribution < 1.29 is 13.9 Å². The van der Waals surface area contributed by atoms with E-state index in [2.05, 4.69) is 0 Å².